The lowest BCUT2D eigenvalue weighted by molar-refractivity contribution is -0.363. The maximum absolute atomic E-state index is 14.8. The molecule has 6 nitrogen and oxygen atoms in total. The van der Waals surface area contributed by atoms with Gasteiger partial charge in [-0.1, -0.05) is 28.7 Å². The minimum atomic E-state index is -0.910. The lowest BCUT2D eigenvalue weighted by atomic mass is 10.0. The number of hydrogen-bond acceptors (Lipinski definition) is 4. The molecular weight excluding hydrogens is 467 g/mol. The maximum Gasteiger partial charge on any atom is 0.390 e. The molecule has 1 aliphatic rings. The Kier molecular flexibility index (Phi) is 6.40. The molecule has 4 N–H and O–H groups in total. The van der Waals surface area contributed by atoms with Crippen LogP contribution < -0.4 is 15.6 Å². The van der Waals surface area contributed by atoms with E-state index in [1.54, 1.807) is 18.3 Å². The van der Waals surface area contributed by atoms with Gasteiger partial charge in [-0.25, -0.2) is 18.2 Å². The van der Waals surface area contributed by atoms with Crippen molar-refractivity contribution in [3.05, 3.63) is 76.2 Å². The summed E-state index contributed by atoms with van der Waals surface area (Å²) in [6.45, 7) is 2.26. The van der Waals surface area contributed by atoms with Gasteiger partial charge >= 0.3 is 5.95 Å². The average molecular weight is 489 g/mol. The lowest BCUT2D eigenvalue weighted by Crippen LogP contribution is -2.39. The molecule has 2 aromatic heterocycles. The highest BCUT2D eigenvalue weighted by Gasteiger charge is 2.26. The molecule has 34 heavy (non-hydrogen) atoms. The predicted molar refractivity (Wildman–Crippen MR) is 123 cm³/mol. The van der Waals surface area contributed by atoms with Crippen LogP contribution in [0.5, 0.6) is 0 Å². The normalized spacial score (nSPS) is 16.2. The molecule has 1 fully saturated rings. The van der Waals surface area contributed by atoms with E-state index < -0.39 is 17.5 Å². The van der Waals surface area contributed by atoms with Crippen LogP contribution in [0.1, 0.15) is 11.1 Å². The lowest BCUT2D eigenvalue weighted by Gasteiger charge is -2.23. The number of aromatic amines is 2. The van der Waals surface area contributed by atoms with E-state index in [0.29, 0.717) is 47.8 Å². The monoisotopic (exact) mass is 488 g/mol. The molecule has 0 bridgehead atoms. The van der Waals surface area contributed by atoms with E-state index >= 15 is 0 Å². The first-order valence-electron chi connectivity index (χ1n) is 10.9. The van der Waals surface area contributed by atoms with Crippen LogP contribution in [-0.4, -0.2) is 35.8 Å². The van der Waals surface area contributed by atoms with Crippen molar-refractivity contribution >= 4 is 28.6 Å². The Hall–Kier alpha value is -3.14. The Bertz CT molecular complexity index is 1320. The summed E-state index contributed by atoms with van der Waals surface area (Å²) in [6, 6.07) is 8.28. The van der Waals surface area contributed by atoms with Gasteiger partial charge in [-0.05, 0) is 29.8 Å². The zero-order valence-corrected chi connectivity index (χ0v) is 18.8. The van der Waals surface area contributed by atoms with Crippen molar-refractivity contribution in [3.63, 3.8) is 0 Å². The van der Waals surface area contributed by atoms with Gasteiger partial charge in [0.05, 0.1) is 41.7 Å². The predicted octanol–water partition coefficient (Wildman–Crippen LogP) is 4.26. The van der Waals surface area contributed by atoms with Crippen LogP contribution >= 0.6 is 11.6 Å². The fourth-order valence-electron chi connectivity index (χ4n) is 4.12. The molecule has 176 valence electrons. The van der Waals surface area contributed by atoms with Crippen molar-refractivity contribution in [1.29, 1.82) is 0 Å². The van der Waals surface area contributed by atoms with Crippen molar-refractivity contribution in [2.24, 2.45) is 0 Å². The van der Waals surface area contributed by atoms with Gasteiger partial charge in [0.15, 0.2) is 17.2 Å². The molecule has 2 aromatic carbocycles. The van der Waals surface area contributed by atoms with E-state index in [2.05, 4.69) is 20.6 Å². The summed E-state index contributed by atoms with van der Waals surface area (Å²) < 4.78 is 47.4. The van der Waals surface area contributed by atoms with Gasteiger partial charge in [0.2, 0.25) is 0 Å². The number of hydrogen-bond donors (Lipinski definition) is 3. The molecule has 1 unspecified atom stereocenters. The van der Waals surface area contributed by atoms with E-state index in [0.717, 1.165) is 24.2 Å². The van der Waals surface area contributed by atoms with Crippen LogP contribution in [0.2, 0.25) is 5.02 Å². The summed E-state index contributed by atoms with van der Waals surface area (Å²) in [5.41, 5.74) is 3.47. The number of halogens is 4. The van der Waals surface area contributed by atoms with E-state index in [1.165, 1.54) is 12.1 Å². The fraction of sp³-hybridized carbons (Fsp3) is 0.250. The molecule has 10 heteroatoms. The largest absolute Gasteiger partial charge is 0.390 e. The molecule has 1 atom stereocenters. The number of nitrogens with one attached hydrogen (secondary N) is 4. The van der Waals surface area contributed by atoms with Crippen LogP contribution in [0.15, 0.2) is 42.6 Å². The SMILES string of the molecule is Fc1ccc(CNc2nc3c(CC4CNCCO4)c(-c4c(F)cccc4Cl)[nH]c3c[nH+]2)cc1F. The number of rotatable bonds is 6. The summed E-state index contributed by atoms with van der Waals surface area (Å²) in [6.07, 6.45) is 2.10. The molecule has 1 saturated heterocycles. The molecule has 4 aromatic rings. The fourth-order valence-corrected chi connectivity index (χ4v) is 4.38. The van der Waals surface area contributed by atoms with Crippen molar-refractivity contribution in [2.45, 2.75) is 19.1 Å². The second-order valence-corrected chi connectivity index (χ2v) is 8.50. The zero-order chi connectivity index (χ0) is 23.7. The third kappa shape index (κ3) is 4.59. The second kappa shape index (κ2) is 9.61. The van der Waals surface area contributed by atoms with Gasteiger partial charge in [-0.2, -0.15) is 0 Å². The van der Waals surface area contributed by atoms with Gasteiger partial charge in [-0.3, -0.25) is 5.32 Å². The molecule has 0 aliphatic carbocycles. The van der Waals surface area contributed by atoms with Crippen LogP contribution in [-0.2, 0) is 17.7 Å². The van der Waals surface area contributed by atoms with E-state index in [-0.39, 0.29) is 23.2 Å². The quantitative estimate of drug-likeness (QED) is 0.379. The highest BCUT2D eigenvalue weighted by molar-refractivity contribution is 6.33. The van der Waals surface area contributed by atoms with Gasteiger partial charge < -0.3 is 15.0 Å². The van der Waals surface area contributed by atoms with E-state index in [1.807, 2.05) is 0 Å². The van der Waals surface area contributed by atoms with E-state index in [4.69, 9.17) is 21.3 Å². The second-order valence-electron chi connectivity index (χ2n) is 8.09. The summed E-state index contributed by atoms with van der Waals surface area (Å²) in [5.74, 6) is -1.83. The third-order valence-electron chi connectivity index (χ3n) is 5.77. The Morgan fingerprint density at radius 1 is 1.15 bits per heavy atom. The van der Waals surface area contributed by atoms with Gasteiger partial charge in [0.1, 0.15) is 11.3 Å². The molecule has 3 heterocycles. The molecular formula is C24H22ClF3N5O+. The summed E-state index contributed by atoms with van der Waals surface area (Å²) in [7, 11) is 0. The standard InChI is InChI=1S/C24H21ClF3N5O/c25-16-2-1-3-18(27)21(16)23-15(9-14-11-29-6-7-34-14)22-20(32-23)12-31-24(33-22)30-10-13-4-5-17(26)19(28)8-13/h1-5,8,12,14,29,32H,6-7,9-11H2,(H,30,31,33)/p+1. The average Bonchev–Trinajstić information content (AvgIpc) is 3.17. The third-order valence-corrected chi connectivity index (χ3v) is 6.09. The highest BCUT2D eigenvalue weighted by Crippen LogP contribution is 2.36. The Balaban J connectivity index is 1.52. The van der Waals surface area contributed by atoms with Crippen LogP contribution in [0.3, 0.4) is 0 Å². The first-order chi connectivity index (χ1) is 16.5. The minimum Gasteiger partial charge on any atom is -0.375 e. The summed E-state index contributed by atoms with van der Waals surface area (Å²) in [4.78, 5) is 11.0. The van der Waals surface area contributed by atoms with Gasteiger partial charge in [-0.15, -0.1) is 0 Å². The topological polar surface area (TPSA) is 76.1 Å². The summed E-state index contributed by atoms with van der Waals surface area (Å²) in [5, 5.41) is 6.68. The van der Waals surface area contributed by atoms with Crippen LogP contribution in [0.4, 0.5) is 19.1 Å². The van der Waals surface area contributed by atoms with Crippen LogP contribution in [0, 0.1) is 17.5 Å². The molecule has 1 aliphatic heterocycles. The number of anilines is 1. The molecule has 0 radical (unpaired) electrons. The number of H-pyrrole nitrogens is 2. The highest BCUT2D eigenvalue weighted by atomic mass is 35.5. The summed E-state index contributed by atoms with van der Waals surface area (Å²) >= 11 is 6.38. The first-order valence-corrected chi connectivity index (χ1v) is 11.2. The minimum absolute atomic E-state index is 0.110. The number of fused-ring (bicyclic) bond motifs is 1. The Morgan fingerprint density at radius 3 is 2.79 bits per heavy atom. The van der Waals surface area contributed by atoms with Crippen molar-refractivity contribution in [2.75, 3.05) is 25.0 Å². The number of ether oxygens (including phenoxy) is 1. The van der Waals surface area contributed by atoms with Gasteiger partial charge in [0, 0.05) is 25.1 Å². The first kappa shape index (κ1) is 22.6. The molecule has 5 rings (SSSR count). The Morgan fingerprint density at radius 2 is 2.03 bits per heavy atom. The smallest absolute Gasteiger partial charge is 0.375 e. The van der Waals surface area contributed by atoms with Crippen molar-refractivity contribution in [1.82, 2.24) is 15.3 Å². The van der Waals surface area contributed by atoms with Gasteiger partial charge in [0.25, 0.3) is 0 Å². The van der Waals surface area contributed by atoms with Crippen molar-refractivity contribution < 1.29 is 22.9 Å². The van der Waals surface area contributed by atoms with E-state index in [9.17, 15) is 13.2 Å². The number of nitrogens with zero attached hydrogens (tertiary/aromatic N) is 1. The molecule has 0 spiro atoms. The van der Waals surface area contributed by atoms with Crippen molar-refractivity contribution in [3.8, 4) is 11.3 Å². The van der Waals surface area contributed by atoms with Crippen LogP contribution in [0.25, 0.3) is 22.3 Å². The Labute approximate surface area is 198 Å². The number of benzene rings is 2. The number of aromatic nitrogens is 3. The maximum atomic E-state index is 14.8. The molecule has 0 amide bonds. The zero-order valence-electron chi connectivity index (χ0n) is 18.0. The molecule has 0 saturated carbocycles. The number of morpholine rings is 1.